The molecule has 0 radical (unpaired) electrons. The molecule has 1 heterocycles. The first-order valence-electron chi connectivity index (χ1n) is 4.44. The third-order valence-electron chi connectivity index (χ3n) is 1.59. The van der Waals surface area contributed by atoms with E-state index in [0.29, 0.717) is 4.20 Å². The summed E-state index contributed by atoms with van der Waals surface area (Å²) >= 11 is 8.85. The Balaban J connectivity index is 0.000000162. The van der Waals surface area contributed by atoms with Crippen LogP contribution in [0.25, 0.3) is 0 Å². The van der Waals surface area contributed by atoms with Crippen molar-refractivity contribution < 1.29 is 0 Å². The van der Waals surface area contributed by atoms with Crippen LogP contribution in [0.5, 0.6) is 0 Å². The van der Waals surface area contributed by atoms with Gasteiger partial charge in [0.2, 0.25) is 0 Å². The molecule has 2 aromatic rings. The van der Waals surface area contributed by atoms with E-state index in [1.807, 2.05) is 48.5 Å². The van der Waals surface area contributed by atoms with Gasteiger partial charge in [-0.1, -0.05) is 48.6 Å². The van der Waals surface area contributed by atoms with Gasteiger partial charge >= 0.3 is 0 Å². The molecular formula is C12H11NS2. The fraction of sp³-hybridized carbons (Fsp3) is 0. The SMILES string of the molecule is S=C(S)c1ccccc1.c1ccncc1. The van der Waals surface area contributed by atoms with Gasteiger partial charge in [0, 0.05) is 12.4 Å². The van der Waals surface area contributed by atoms with Gasteiger partial charge < -0.3 is 0 Å². The molecule has 1 aromatic carbocycles. The van der Waals surface area contributed by atoms with Crippen LogP contribution >= 0.6 is 24.8 Å². The molecule has 76 valence electrons. The number of aromatic nitrogens is 1. The summed E-state index contributed by atoms with van der Waals surface area (Å²) in [7, 11) is 0. The number of nitrogens with zero attached hydrogens (tertiary/aromatic N) is 1. The minimum atomic E-state index is 0.649. The van der Waals surface area contributed by atoms with Gasteiger partial charge in [0.1, 0.15) is 0 Å². The van der Waals surface area contributed by atoms with E-state index < -0.39 is 0 Å². The predicted molar refractivity (Wildman–Crippen MR) is 71.4 cm³/mol. The zero-order chi connectivity index (χ0) is 10.9. The fourth-order valence-corrected chi connectivity index (χ4v) is 1.18. The van der Waals surface area contributed by atoms with Gasteiger partial charge in [-0.15, -0.1) is 12.6 Å². The molecular weight excluding hydrogens is 222 g/mol. The summed E-state index contributed by atoms with van der Waals surface area (Å²) in [4.78, 5) is 3.78. The molecule has 0 unspecified atom stereocenters. The second kappa shape index (κ2) is 7.15. The first kappa shape index (κ1) is 11.9. The normalized spacial score (nSPS) is 8.60. The summed E-state index contributed by atoms with van der Waals surface area (Å²) in [6.45, 7) is 0. The summed E-state index contributed by atoms with van der Waals surface area (Å²) in [6, 6.07) is 15.4. The van der Waals surface area contributed by atoms with Crippen LogP contribution in [0, 0.1) is 0 Å². The first-order valence-corrected chi connectivity index (χ1v) is 5.29. The van der Waals surface area contributed by atoms with Crippen molar-refractivity contribution in [3.8, 4) is 0 Å². The van der Waals surface area contributed by atoms with Crippen molar-refractivity contribution in [3.63, 3.8) is 0 Å². The number of rotatable bonds is 1. The highest BCUT2D eigenvalue weighted by atomic mass is 32.1. The molecule has 1 aromatic heterocycles. The number of hydrogen-bond donors (Lipinski definition) is 1. The van der Waals surface area contributed by atoms with Crippen molar-refractivity contribution >= 4 is 29.0 Å². The smallest absolute Gasteiger partial charge is 0.0747 e. The molecule has 0 spiro atoms. The molecule has 0 saturated heterocycles. The quantitative estimate of drug-likeness (QED) is 0.599. The van der Waals surface area contributed by atoms with Crippen LogP contribution in [0.4, 0.5) is 0 Å². The topological polar surface area (TPSA) is 12.9 Å². The van der Waals surface area contributed by atoms with E-state index in [-0.39, 0.29) is 0 Å². The van der Waals surface area contributed by atoms with Gasteiger partial charge in [-0.2, -0.15) is 0 Å². The van der Waals surface area contributed by atoms with Crippen LogP contribution in [0.1, 0.15) is 5.56 Å². The van der Waals surface area contributed by atoms with Gasteiger partial charge in [0.15, 0.2) is 0 Å². The Morgan fingerprint density at radius 1 is 0.933 bits per heavy atom. The van der Waals surface area contributed by atoms with E-state index in [0.717, 1.165) is 5.56 Å². The van der Waals surface area contributed by atoms with E-state index in [1.54, 1.807) is 12.4 Å². The monoisotopic (exact) mass is 233 g/mol. The van der Waals surface area contributed by atoms with Gasteiger partial charge in [0.05, 0.1) is 4.20 Å². The lowest BCUT2D eigenvalue weighted by Crippen LogP contribution is -1.83. The molecule has 3 heteroatoms. The Hall–Kier alpha value is -1.19. The van der Waals surface area contributed by atoms with Crippen molar-refractivity contribution in [1.29, 1.82) is 0 Å². The molecule has 0 aliphatic carbocycles. The third kappa shape index (κ3) is 5.30. The predicted octanol–water partition coefficient (Wildman–Crippen LogP) is 3.37. The van der Waals surface area contributed by atoms with Crippen LogP contribution in [-0.2, 0) is 0 Å². The van der Waals surface area contributed by atoms with E-state index in [4.69, 9.17) is 12.2 Å². The highest BCUT2D eigenvalue weighted by Gasteiger charge is 1.89. The van der Waals surface area contributed by atoms with E-state index >= 15 is 0 Å². The molecule has 0 bridgehead atoms. The number of benzene rings is 1. The molecule has 15 heavy (non-hydrogen) atoms. The van der Waals surface area contributed by atoms with Crippen molar-refractivity contribution in [2.75, 3.05) is 0 Å². The molecule has 0 fully saturated rings. The molecule has 0 amide bonds. The minimum Gasteiger partial charge on any atom is -0.265 e. The maximum atomic E-state index is 4.83. The summed E-state index contributed by atoms with van der Waals surface area (Å²) in [5, 5.41) is 0. The zero-order valence-electron chi connectivity index (χ0n) is 8.08. The Morgan fingerprint density at radius 3 is 1.73 bits per heavy atom. The minimum absolute atomic E-state index is 0.649. The highest BCUT2D eigenvalue weighted by molar-refractivity contribution is 8.11. The second-order valence-electron chi connectivity index (χ2n) is 2.70. The summed E-state index contributed by atoms with van der Waals surface area (Å²) < 4.78 is 0.649. The molecule has 0 atom stereocenters. The van der Waals surface area contributed by atoms with Crippen LogP contribution in [0.2, 0.25) is 0 Å². The molecule has 0 saturated carbocycles. The fourth-order valence-electron chi connectivity index (χ4n) is 0.893. The first-order chi connectivity index (χ1) is 7.30. The largest absolute Gasteiger partial charge is 0.265 e. The Kier molecular flexibility index (Phi) is 5.66. The summed E-state index contributed by atoms with van der Waals surface area (Å²) in [5.74, 6) is 0. The number of thiol groups is 1. The van der Waals surface area contributed by atoms with Crippen molar-refractivity contribution in [2.24, 2.45) is 0 Å². The Morgan fingerprint density at radius 2 is 1.47 bits per heavy atom. The van der Waals surface area contributed by atoms with E-state index in [2.05, 4.69) is 17.6 Å². The lowest BCUT2D eigenvalue weighted by molar-refractivity contribution is 1.33. The van der Waals surface area contributed by atoms with Crippen LogP contribution < -0.4 is 0 Å². The maximum Gasteiger partial charge on any atom is 0.0747 e. The average molecular weight is 233 g/mol. The van der Waals surface area contributed by atoms with Gasteiger partial charge in [-0.05, 0) is 17.7 Å². The molecule has 1 nitrogen and oxygen atoms in total. The lowest BCUT2D eigenvalue weighted by Gasteiger charge is -1.91. The zero-order valence-corrected chi connectivity index (χ0v) is 9.79. The standard InChI is InChI=1S/C7H6S2.C5H5N/c8-7(9)6-4-2-1-3-5-6;1-2-4-6-5-3-1/h1-5H,(H,8,9);1-5H. The molecule has 0 aliphatic heterocycles. The van der Waals surface area contributed by atoms with Gasteiger partial charge in [-0.3, -0.25) is 4.98 Å². The summed E-state index contributed by atoms with van der Waals surface area (Å²) in [6.07, 6.45) is 3.50. The van der Waals surface area contributed by atoms with Crippen molar-refractivity contribution in [3.05, 3.63) is 66.5 Å². The second-order valence-corrected chi connectivity index (χ2v) is 3.85. The molecule has 0 aliphatic rings. The Bertz CT molecular complexity index is 360. The number of pyridine rings is 1. The van der Waals surface area contributed by atoms with Crippen LogP contribution in [0.15, 0.2) is 60.9 Å². The van der Waals surface area contributed by atoms with Gasteiger partial charge in [0.25, 0.3) is 0 Å². The summed E-state index contributed by atoms with van der Waals surface area (Å²) in [5.41, 5.74) is 1.01. The molecule has 0 N–H and O–H groups in total. The molecule has 2 rings (SSSR count). The highest BCUT2D eigenvalue weighted by Crippen LogP contribution is 2.02. The average Bonchev–Trinajstić information content (AvgIpc) is 2.33. The van der Waals surface area contributed by atoms with E-state index in [9.17, 15) is 0 Å². The number of thiocarbonyl (C=S) groups is 1. The van der Waals surface area contributed by atoms with Crippen LogP contribution in [-0.4, -0.2) is 9.18 Å². The van der Waals surface area contributed by atoms with Crippen LogP contribution in [0.3, 0.4) is 0 Å². The van der Waals surface area contributed by atoms with E-state index in [1.165, 1.54) is 0 Å². The van der Waals surface area contributed by atoms with Gasteiger partial charge in [-0.25, -0.2) is 0 Å². The van der Waals surface area contributed by atoms with Crippen molar-refractivity contribution in [2.45, 2.75) is 0 Å². The Labute approximate surface area is 101 Å². The lowest BCUT2D eigenvalue weighted by atomic mass is 10.2. The van der Waals surface area contributed by atoms with Crippen molar-refractivity contribution in [1.82, 2.24) is 4.98 Å². The number of hydrogen-bond acceptors (Lipinski definition) is 2. The third-order valence-corrected chi connectivity index (χ3v) is 2.08. The maximum absolute atomic E-state index is 4.83.